The van der Waals surface area contributed by atoms with Crippen LogP contribution in [0.25, 0.3) is 0 Å². The van der Waals surface area contributed by atoms with Crippen molar-refractivity contribution in [3.05, 3.63) is 34.1 Å². The van der Waals surface area contributed by atoms with Crippen molar-refractivity contribution in [3.63, 3.8) is 0 Å². The molecule has 5 nitrogen and oxygen atoms in total. The van der Waals surface area contributed by atoms with Gasteiger partial charge in [0.25, 0.3) is 0 Å². The van der Waals surface area contributed by atoms with Crippen LogP contribution in [-0.2, 0) is 20.7 Å². The molecule has 0 fully saturated rings. The Morgan fingerprint density at radius 1 is 1.35 bits per heavy atom. The zero-order valence-electron chi connectivity index (χ0n) is 13.9. The molecule has 0 saturated carbocycles. The third kappa shape index (κ3) is 5.82. The van der Waals surface area contributed by atoms with Gasteiger partial charge in [-0.15, -0.1) is 0 Å². The summed E-state index contributed by atoms with van der Waals surface area (Å²) in [5.41, 5.74) is -0.405. The maximum absolute atomic E-state index is 13.9. The molecule has 23 heavy (non-hydrogen) atoms. The van der Waals surface area contributed by atoms with Crippen LogP contribution in [0.3, 0.4) is 0 Å². The molecule has 0 aliphatic carbocycles. The summed E-state index contributed by atoms with van der Waals surface area (Å²) in [6.45, 7) is 5.17. The van der Waals surface area contributed by atoms with Crippen molar-refractivity contribution < 1.29 is 23.5 Å². The summed E-state index contributed by atoms with van der Waals surface area (Å²) in [5.74, 6) is -1.10. The van der Waals surface area contributed by atoms with Gasteiger partial charge in [-0.25, -0.2) is 14.0 Å². The number of esters is 1. The van der Waals surface area contributed by atoms with Crippen LogP contribution in [0.1, 0.15) is 26.3 Å². The average Bonchev–Trinajstić information content (AvgIpc) is 2.44. The summed E-state index contributed by atoms with van der Waals surface area (Å²) < 4.78 is 24.6. The number of rotatable bonds is 4. The summed E-state index contributed by atoms with van der Waals surface area (Å²) in [4.78, 5) is 25.3. The van der Waals surface area contributed by atoms with Gasteiger partial charge in [-0.3, -0.25) is 4.90 Å². The van der Waals surface area contributed by atoms with Crippen molar-refractivity contribution in [2.45, 2.75) is 38.8 Å². The number of ether oxygens (including phenoxy) is 2. The van der Waals surface area contributed by atoms with E-state index in [4.69, 9.17) is 9.47 Å². The molecule has 1 unspecified atom stereocenters. The number of hydrogen-bond acceptors (Lipinski definition) is 4. The molecule has 0 bridgehead atoms. The highest BCUT2D eigenvalue weighted by atomic mass is 79.9. The summed E-state index contributed by atoms with van der Waals surface area (Å²) in [6.07, 6.45) is -0.698. The Kier molecular flexibility index (Phi) is 6.56. The fraction of sp³-hybridized carbons (Fsp3) is 0.500. The fourth-order valence-corrected chi connectivity index (χ4v) is 2.29. The largest absolute Gasteiger partial charge is 0.467 e. The molecule has 0 N–H and O–H groups in total. The lowest BCUT2D eigenvalue weighted by molar-refractivity contribution is -0.146. The SMILES string of the molecule is COC(=O)C(Cc1cc(Br)ccc1F)N(C)C(=O)OC(C)(C)C. The molecule has 0 spiro atoms. The molecule has 0 radical (unpaired) electrons. The molecule has 1 aromatic rings. The van der Waals surface area contributed by atoms with Gasteiger partial charge >= 0.3 is 12.1 Å². The lowest BCUT2D eigenvalue weighted by Crippen LogP contribution is -2.46. The molecule has 0 aliphatic rings. The van der Waals surface area contributed by atoms with E-state index in [1.165, 1.54) is 20.2 Å². The van der Waals surface area contributed by atoms with Gasteiger partial charge < -0.3 is 9.47 Å². The van der Waals surface area contributed by atoms with Crippen molar-refractivity contribution in [1.82, 2.24) is 4.90 Å². The van der Waals surface area contributed by atoms with Gasteiger partial charge in [-0.1, -0.05) is 15.9 Å². The standard InChI is InChI=1S/C16H21BrFNO4/c1-16(2,3)23-15(21)19(4)13(14(20)22-5)9-10-8-11(17)6-7-12(10)18/h6-8,13H,9H2,1-5H3. The quantitative estimate of drug-likeness (QED) is 0.738. The minimum atomic E-state index is -0.987. The van der Waals surface area contributed by atoms with E-state index in [-0.39, 0.29) is 6.42 Å². The number of nitrogens with zero attached hydrogens (tertiary/aromatic N) is 1. The van der Waals surface area contributed by atoms with Crippen LogP contribution in [0.2, 0.25) is 0 Å². The molecule has 0 heterocycles. The molecule has 128 valence electrons. The summed E-state index contributed by atoms with van der Waals surface area (Å²) in [7, 11) is 2.64. The maximum Gasteiger partial charge on any atom is 0.410 e. The van der Waals surface area contributed by atoms with E-state index in [0.29, 0.717) is 10.0 Å². The minimum absolute atomic E-state index is 0.0201. The van der Waals surface area contributed by atoms with E-state index in [9.17, 15) is 14.0 Å². The van der Waals surface area contributed by atoms with E-state index in [1.807, 2.05) is 0 Å². The van der Waals surface area contributed by atoms with Gasteiger partial charge in [0.05, 0.1) is 7.11 Å². The maximum atomic E-state index is 13.9. The zero-order valence-corrected chi connectivity index (χ0v) is 15.4. The van der Waals surface area contributed by atoms with Gasteiger partial charge in [-0.2, -0.15) is 0 Å². The van der Waals surface area contributed by atoms with E-state index in [2.05, 4.69) is 15.9 Å². The molecule has 0 aliphatic heterocycles. The molecular weight excluding hydrogens is 369 g/mol. The normalized spacial score (nSPS) is 12.5. The highest BCUT2D eigenvalue weighted by Gasteiger charge is 2.31. The Morgan fingerprint density at radius 3 is 2.48 bits per heavy atom. The van der Waals surface area contributed by atoms with E-state index < -0.39 is 29.5 Å². The number of halogens is 2. The number of hydrogen-bond donors (Lipinski definition) is 0. The first-order chi connectivity index (χ1) is 10.5. The minimum Gasteiger partial charge on any atom is -0.467 e. The lowest BCUT2D eigenvalue weighted by Gasteiger charge is -2.29. The van der Waals surface area contributed by atoms with E-state index in [0.717, 1.165) is 4.90 Å². The highest BCUT2D eigenvalue weighted by Crippen LogP contribution is 2.20. The number of amides is 1. The monoisotopic (exact) mass is 389 g/mol. The third-order valence-electron chi connectivity index (χ3n) is 3.04. The molecule has 7 heteroatoms. The summed E-state index contributed by atoms with van der Waals surface area (Å²) >= 11 is 3.26. The fourth-order valence-electron chi connectivity index (χ4n) is 1.88. The number of carbonyl (C=O) groups excluding carboxylic acids is 2. The van der Waals surface area contributed by atoms with Crippen LogP contribution in [0, 0.1) is 5.82 Å². The first-order valence-electron chi connectivity index (χ1n) is 7.02. The number of methoxy groups -OCH3 is 1. The Hall–Kier alpha value is -1.63. The Bertz CT molecular complexity index is 586. The summed E-state index contributed by atoms with van der Waals surface area (Å²) in [5, 5.41) is 0. The topological polar surface area (TPSA) is 55.8 Å². The van der Waals surface area contributed by atoms with Crippen molar-refractivity contribution in [2.75, 3.05) is 14.2 Å². The Labute approximate surface area is 143 Å². The molecule has 1 aromatic carbocycles. The Balaban J connectivity index is 3.03. The van der Waals surface area contributed by atoms with Crippen molar-refractivity contribution >= 4 is 28.0 Å². The molecule has 0 aromatic heterocycles. The number of benzene rings is 1. The Morgan fingerprint density at radius 2 is 1.96 bits per heavy atom. The number of likely N-dealkylation sites (N-methyl/N-ethyl adjacent to an activating group) is 1. The smallest absolute Gasteiger partial charge is 0.410 e. The average molecular weight is 390 g/mol. The second-order valence-corrected chi connectivity index (χ2v) is 6.99. The second kappa shape index (κ2) is 7.77. The lowest BCUT2D eigenvalue weighted by atomic mass is 10.0. The van der Waals surface area contributed by atoms with Gasteiger partial charge in [0.1, 0.15) is 17.5 Å². The number of carbonyl (C=O) groups is 2. The predicted molar refractivity (Wildman–Crippen MR) is 87.6 cm³/mol. The zero-order chi connectivity index (χ0) is 17.8. The predicted octanol–water partition coefficient (Wildman–Crippen LogP) is 3.54. The van der Waals surface area contributed by atoms with Crippen LogP contribution in [0.15, 0.2) is 22.7 Å². The second-order valence-electron chi connectivity index (χ2n) is 6.07. The molecule has 1 amide bonds. The highest BCUT2D eigenvalue weighted by molar-refractivity contribution is 9.10. The molecule has 0 saturated heterocycles. The van der Waals surface area contributed by atoms with E-state index >= 15 is 0 Å². The van der Waals surface area contributed by atoms with Crippen LogP contribution in [-0.4, -0.2) is 42.8 Å². The van der Waals surface area contributed by atoms with Crippen LogP contribution >= 0.6 is 15.9 Å². The first-order valence-corrected chi connectivity index (χ1v) is 7.82. The van der Waals surface area contributed by atoms with Crippen molar-refractivity contribution in [2.24, 2.45) is 0 Å². The third-order valence-corrected chi connectivity index (χ3v) is 3.54. The molecule has 1 atom stereocenters. The first kappa shape index (κ1) is 19.4. The van der Waals surface area contributed by atoms with Crippen molar-refractivity contribution in [3.8, 4) is 0 Å². The molecular formula is C16H21BrFNO4. The van der Waals surface area contributed by atoms with Crippen LogP contribution in [0.5, 0.6) is 0 Å². The van der Waals surface area contributed by atoms with Gasteiger partial charge in [0.2, 0.25) is 0 Å². The van der Waals surface area contributed by atoms with Crippen LogP contribution < -0.4 is 0 Å². The van der Waals surface area contributed by atoms with Crippen LogP contribution in [0.4, 0.5) is 9.18 Å². The van der Waals surface area contributed by atoms with Gasteiger partial charge in [-0.05, 0) is 44.5 Å². The summed E-state index contributed by atoms with van der Waals surface area (Å²) in [6, 6.07) is 3.43. The van der Waals surface area contributed by atoms with E-state index in [1.54, 1.807) is 32.9 Å². The van der Waals surface area contributed by atoms with Gasteiger partial charge in [0, 0.05) is 17.9 Å². The van der Waals surface area contributed by atoms with Crippen molar-refractivity contribution in [1.29, 1.82) is 0 Å². The molecule has 1 rings (SSSR count). The van der Waals surface area contributed by atoms with Gasteiger partial charge in [0.15, 0.2) is 0 Å².